The number of hydrogen-bond donors (Lipinski definition) is 0. The van der Waals surface area contributed by atoms with E-state index in [0.29, 0.717) is 0 Å². The number of nitrogens with zero attached hydrogens (tertiary/aromatic N) is 2. The van der Waals surface area contributed by atoms with E-state index < -0.39 is 0 Å². The number of rotatable bonds is 8. The molecule has 0 aliphatic rings. The first-order valence-electron chi connectivity index (χ1n) is 21.5. The van der Waals surface area contributed by atoms with Crippen LogP contribution in [0, 0.1) is 0 Å². The number of benzene rings is 10. The normalized spacial score (nSPS) is 11.5. The molecule has 0 saturated carbocycles. The molecule has 0 aliphatic carbocycles. The van der Waals surface area contributed by atoms with E-state index in [2.05, 4.69) is 246 Å². The highest BCUT2D eigenvalue weighted by molar-refractivity contribution is 6.13. The van der Waals surface area contributed by atoms with Crippen LogP contribution in [0.4, 0.5) is 17.1 Å². The summed E-state index contributed by atoms with van der Waals surface area (Å²) in [6.45, 7) is 0. The van der Waals surface area contributed by atoms with E-state index in [1.54, 1.807) is 0 Å². The number of hydrogen-bond acceptors (Lipinski definition) is 2. The van der Waals surface area contributed by atoms with Crippen molar-refractivity contribution in [3.8, 4) is 50.2 Å². The Bertz CT molecular complexity index is 3620. The van der Waals surface area contributed by atoms with Gasteiger partial charge in [-0.1, -0.05) is 194 Å². The Morgan fingerprint density at radius 2 is 0.873 bits per heavy atom. The molecule has 296 valence electrons. The van der Waals surface area contributed by atoms with Crippen molar-refractivity contribution in [2.45, 2.75) is 0 Å². The quantitative estimate of drug-likeness (QED) is 0.153. The van der Waals surface area contributed by atoms with Crippen LogP contribution < -0.4 is 4.90 Å². The van der Waals surface area contributed by atoms with Gasteiger partial charge in [0.2, 0.25) is 0 Å². The predicted molar refractivity (Wildman–Crippen MR) is 264 cm³/mol. The second kappa shape index (κ2) is 15.3. The van der Waals surface area contributed by atoms with E-state index in [1.165, 1.54) is 38.6 Å². The van der Waals surface area contributed by atoms with Crippen LogP contribution in [0.2, 0.25) is 0 Å². The van der Waals surface area contributed by atoms with Crippen molar-refractivity contribution in [2.75, 3.05) is 4.90 Å². The van der Waals surface area contributed by atoms with Crippen molar-refractivity contribution < 1.29 is 4.42 Å². The Balaban J connectivity index is 1.10. The summed E-state index contributed by atoms with van der Waals surface area (Å²) < 4.78 is 9.08. The smallest absolute Gasteiger partial charge is 0.143 e. The van der Waals surface area contributed by atoms with Gasteiger partial charge in [-0.2, -0.15) is 0 Å². The van der Waals surface area contributed by atoms with Crippen molar-refractivity contribution in [1.82, 2.24) is 4.57 Å². The number of fused-ring (bicyclic) bond motifs is 6. The molecule has 2 aromatic heterocycles. The van der Waals surface area contributed by atoms with Gasteiger partial charge in [-0.15, -0.1) is 0 Å². The molecule has 0 N–H and O–H groups in total. The van der Waals surface area contributed by atoms with Gasteiger partial charge in [0, 0.05) is 49.6 Å². The first-order valence-corrected chi connectivity index (χ1v) is 21.5. The average molecular weight is 805 g/mol. The molecular weight excluding hydrogens is 765 g/mol. The van der Waals surface area contributed by atoms with E-state index in [-0.39, 0.29) is 0 Å². The van der Waals surface area contributed by atoms with Crippen LogP contribution in [0.1, 0.15) is 0 Å². The summed E-state index contributed by atoms with van der Waals surface area (Å²) in [6, 6.07) is 87.1. The lowest BCUT2D eigenvalue weighted by atomic mass is 9.93. The second-order valence-electron chi connectivity index (χ2n) is 16.0. The van der Waals surface area contributed by atoms with Crippen LogP contribution in [0.3, 0.4) is 0 Å². The highest BCUT2D eigenvalue weighted by atomic mass is 16.3. The third-order valence-electron chi connectivity index (χ3n) is 12.4. The van der Waals surface area contributed by atoms with E-state index in [9.17, 15) is 0 Å². The topological polar surface area (TPSA) is 21.3 Å². The number of furan rings is 1. The minimum absolute atomic E-state index is 0.891. The molecule has 0 bridgehead atoms. The molecular formula is C60H40N2O. The SMILES string of the molecule is c1ccc(-c2ccc(N(c3ccc4c5ccccc5n(-c5ccccc5-c5cccc6c5oc5ccccc56)c4c3)c3ccccc3-c3ccccc3-c3ccccc3)cc2)cc1. The molecule has 12 aromatic rings. The summed E-state index contributed by atoms with van der Waals surface area (Å²) >= 11 is 0. The average Bonchev–Trinajstić information content (AvgIpc) is 3.91. The highest BCUT2D eigenvalue weighted by Gasteiger charge is 2.23. The first-order chi connectivity index (χ1) is 31.3. The number of anilines is 3. The maximum atomic E-state index is 6.64. The fourth-order valence-electron chi connectivity index (χ4n) is 9.56. The minimum atomic E-state index is 0.891. The van der Waals surface area contributed by atoms with Gasteiger partial charge in [-0.3, -0.25) is 0 Å². The van der Waals surface area contributed by atoms with Gasteiger partial charge in [0.25, 0.3) is 0 Å². The van der Waals surface area contributed by atoms with Gasteiger partial charge >= 0.3 is 0 Å². The van der Waals surface area contributed by atoms with Crippen molar-refractivity contribution in [1.29, 1.82) is 0 Å². The highest BCUT2D eigenvalue weighted by Crippen LogP contribution is 2.46. The van der Waals surface area contributed by atoms with Crippen molar-refractivity contribution in [3.63, 3.8) is 0 Å². The van der Waals surface area contributed by atoms with Crippen LogP contribution in [0.5, 0.6) is 0 Å². The Kier molecular flexibility index (Phi) is 8.83. The lowest BCUT2D eigenvalue weighted by Gasteiger charge is -2.29. The van der Waals surface area contributed by atoms with E-state index in [0.717, 1.165) is 72.4 Å². The van der Waals surface area contributed by atoms with E-state index in [1.807, 2.05) is 6.07 Å². The van der Waals surface area contributed by atoms with Crippen LogP contribution in [-0.2, 0) is 0 Å². The van der Waals surface area contributed by atoms with E-state index in [4.69, 9.17) is 4.42 Å². The molecule has 0 amide bonds. The maximum absolute atomic E-state index is 6.64. The summed E-state index contributed by atoms with van der Waals surface area (Å²) in [5.41, 5.74) is 17.6. The molecule has 3 nitrogen and oxygen atoms in total. The van der Waals surface area contributed by atoms with Gasteiger partial charge in [-0.05, 0) is 76.3 Å². The number of aromatic nitrogens is 1. The van der Waals surface area contributed by atoms with E-state index >= 15 is 0 Å². The summed E-state index contributed by atoms with van der Waals surface area (Å²) in [5, 5.41) is 4.63. The lowest BCUT2D eigenvalue weighted by Crippen LogP contribution is -2.11. The fraction of sp³-hybridized carbons (Fsp3) is 0. The molecule has 0 radical (unpaired) electrons. The zero-order valence-corrected chi connectivity index (χ0v) is 34.4. The largest absolute Gasteiger partial charge is 0.455 e. The zero-order valence-electron chi connectivity index (χ0n) is 34.4. The Labute approximate surface area is 366 Å². The van der Waals surface area contributed by atoms with Gasteiger partial charge in [0.1, 0.15) is 11.2 Å². The van der Waals surface area contributed by atoms with Crippen molar-refractivity contribution in [3.05, 3.63) is 243 Å². The molecule has 0 spiro atoms. The number of para-hydroxylation sites is 5. The monoisotopic (exact) mass is 804 g/mol. The Hall–Kier alpha value is -8.40. The fourth-order valence-corrected chi connectivity index (χ4v) is 9.56. The molecule has 10 aromatic carbocycles. The van der Waals surface area contributed by atoms with Gasteiger partial charge in [-0.25, -0.2) is 0 Å². The molecule has 2 heterocycles. The summed E-state index contributed by atoms with van der Waals surface area (Å²) in [6.07, 6.45) is 0. The molecule has 0 unspecified atom stereocenters. The summed E-state index contributed by atoms with van der Waals surface area (Å²) in [7, 11) is 0. The molecule has 0 aliphatic heterocycles. The van der Waals surface area contributed by atoms with Crippen molar-refractivity contribution in [2.24, 2.45) is 0 Å². The Morgan fingerprint density at radius 3 is 1.68 bits per heavy atom. The molecule has 0 fully saturated rings. The molecule has 12 rings (SSSR count). The standard InChI is InChI=1S/C60H40N2O/c1-3-18-41(19-4-1)42-34-36-44(37-35-42)61(55-30-13-9-24-48(55)47-23-8-7-22-46(47)43-20-5-2-6-21-43)45-38-39-51-49-25-10-14-31-56(49)62(58(51)40-45)57-32-15-11-26-50(57)53-28-17-29-54-52-27-12-16-33-59(52)63-60(53)54/h1-40H. The minimum Gasteiger partial charge on any atom is -0.455 e. The first kappa shape index (κ1) is 36.5. The zero-order chi connectivity index (χ0) is 41.7. The van der Waals surface area contributed by atoms with Crippen LogP contribution >= 0.6 is 0 Å². The van der Waals surface area contributed by atoms with Crippen LogP contribution in [0.25, 0.3) is 93.9 Å². The second-order valence-corrected chi connectivity index (χ2v) is 16.0. The summed E-state index contributed by atoms with van der Waals surface area (Å²) in [4.78, 5) is 2.42. The molecule has 3 heteroatoms. The maximum Gasteiger partial charge on any atom is 0.143 e. The van der Waals surface area contributed by atoms with Gasteiger partial charge in [0.05, 0.1) is 22.4 Å². The third kappa shape index (κ3) is 6.21. The lowest BCUT2D eigenvalue weighted by molar-refractivity contribution is 0.670. The molecule has 0 saturated heterocycles. The van der Waals surface area contributed by atoms with Crippen LogP contribution in [-0.4, -0.2) is 4.57 Å². The predicted octanol–water partition coefficient (Wildman–Crippen LogP) is 16.8. The summed E-state index contributed by atoms with van der Waals surface area (Å²) in [5.74, 6) is 0. The Morgan fingerprint density at radius 1 is 0.317 bits per heavy atom. The van der Waals surface area contributed by atoms with Crippen molar-refractivity contribution >= 4 is 60.8 Å². The molecule has 0 atom stereocenters. The molecule has 63 heavy (non-hydrogen) atoms. The van der Waals surface area contributed by atoms with Crippen LogP contribution in [0.15, 0.2) is 247 Å². The van der Waals surface area contributed by atoms with Gasteiger partial charge in [0.15, 0.2) is 0 Å². The van der Waals surface area contributed by atoms with Gasteiger partial charge < -0.3 is 13.9 Å². The third-order valence-corrected chi connectivity index (χ3v) is 12.4.